The number of carbonyl (C=O) groups excluding carboxylic acids is 2. The number of hydrogen-bond acceptors (Lipinski definition) is 3. The van der Waals surface area contributed by atoms with Crippen molar-refractivity contribution in [2.45, 2.75) is 31.8 Å². The predicted octanol–water partition coefficient (Wildman–Crippen LogP) is 1.92. The van der Waals surface area contributed by atoms with Gasteiger partial charge in [0.25, 0.3) is 0 Å². The molecule has 2 rings (SSSR count). The Balaban J connectivity index is 1.94. The lowest BCUT2D eigenvalue weighted by Crippen LogP contribution is -2.52. The van der Waals surface area contributed by atoms with E-state index in [9.17, 15) is 9.59 Å². The molecule has 1 saturated heterocycles. The molecule has 0 radical (unpaired) electrons. The molecule has 108 valence electrons. The van der Waals surface area contributed by atoms with Crippen LogP contribution in [0.25, 0.3) is 0 Å². The normalized spacial score (nSPS) is 18.4. The highest BCUT2D eigenvalue weighted by Gasteiger charge is 2.32. The summed E-state index contributed by atoms with van der Waals surface area (Å²) in [4.78, 5) is 25.5. The molecule has 1 aromatic rings. The maximum absolute atomic E-state index is 12.2. The van der Waals surface area contributed by atoms with Gasteiger partial charge in [0.15, 0.2) is 0 Å². The van der Waals surface area contributed by atoms with Gasteiger partial charge in [-0.3, -0.25) is 0 Å². The molecule has 0 bridgehead atoms. The summed E-state index contributed by atoms with van der Waals surface area (Å²) >= 11 is 0. The van der Waals surface area contributed by atoms with Gasteiger partial charge < -0.3 is 15.0 Å². The monoisotopic (exact) mass is 276 g/mol. The van der Waals surface area contributed by atoms with E-state index in [-0.39, 0.29) is 12.0 Å². The van der Waals surface area contributed by atoms with E-state index in [2.05, 4.69) is 5.32 Å². The van der Waals surface area contributed by atoms with Gasteiger partial charge in [0.2, 0.25) is 0 Å². The van der Waals surface area contributed by atoms with Gasteiger partial charge in [-0.15, -0.1) is 0 Å². The van der Waals surface area contributed by atoms with Crippen molar-refractivity contribution < 1.29 is 14.3 Å². The highest BCUT2D eigenvalue weighted by molar-refractivity contribution is 5.83. The van der Waals surface area contributed by atoms with E-state index in [1.54, 1.807) is 4.90 Å². The van der Waals surface area contributed by atoms with Crippen molar-refractivity contribution in [3.05, 3.63) is 35.9 Å². The third kappa shape index (κ3) is 3.50. The fraction of sp³-hybridized carbons (Fsp3) is 0.467. The first-order valence-corrected chi connectivity index (χ1v) is 6.88. The molecule has 5 nitrogen and oxygen atoms in total. The molecule has 5 heteroatoms. The summed E-state index contributed by atoms with van der Waals surface area (Å²) in [5, 5.41) is 2.86. The van der Waals surface area contributed by atoms with Crippen molar-refractivity contribution in [3.8, 4) is 0 Å². The Morgan fingerprint density at radius 2 is 2.05 bits per heavy atom. The van der Waals surface area contributed by atoms with Crippen molar-refractivity contribution in [1.29, 1.82) is 0 Å². The van der Waals surface area contributed by atoms with Crippen molar-refractivity contribution in [1.82, 2.24) is 10.2 Å². The van der Waals surface area contributed by atoms with Gasteiger partial charge in [0, 0.05) is 13.1 Å². The van der Waals surface area contributed by atoms with Crippen molar-refractivity contribution >= 4 is 12.0 Å². The second kappa shape index (κ2) is 6.93. The fourth-order valence-corrected chi connectivity index (χ4v) is 2.43. The average Bonchev–Trinajstić information content (AvgIpc) is 2.52. The van der Waals surface area contributed by atoms with Crippen LogP contribution in [-0.4, -0.2) is 36.6 Å². The number of hydrogen-bond donors (Lipinski definition) is 1. The van der Waals surface area contributed by atoms with Gasteiger partial charge >= 0.3 is 12.0 Å². The molecule has 1 heterocycles. The van der Waals surface area contributed by atoms with Crippen LogP contribution in [0.3, 0.4) is 0 Å². The van der Waals surface area contributed by atoms with Crippen LogP contribution in [0.1, 0.15) is 24.8 Å². The van der Waals surface area contributed by atoms with Gasteiger partial charge in [-0.05, 0) is 24.8 Å². The number of rotatable bonds is 3. The first kappa shape index (κ1) is 14.4. The molecule has 2 amide bonds. The van der Waals surface area contributed by atoms with Gasteiger partial charge in [-0.2, -0.15) is 0 Å². The Kier molecular flexibility index (Phi) is 4.98. The van der Waals surface area contributed by atoms with E-state index < -0.39 is 6.04 Å². The molecule has 20 heavy (non-hydrogen) atoms. The minimum atomic E-state index is -0.454. The number of piperidine rings is 1. The maximum Gasteiger partial charge on any atom is 0.328 e. The van der Waals surface area contributed by atoms with Crippen molar-refractivity contribution in [3.63, 3.8) is 0 Å². The van der Waals surface area contributed by atoms with Gasteiger partial charge in [0.05, 0.1) is 7.11 Å². The Morgan fingerprint density at radius 1 is 1.30 bits per heavy atom. The summed E-state index contributed by atoms with van der Waals surface area (Å²) in [6.07, 6.45) is 2.54. The molecular weight excluding hydrogens is 256 g/mol. The van der Waals surface area contributed by atoms with Gasteiger partial charge in [-0.1, -0.05) is 30.3 Å². The van der Waals surface area contributed by atoms with E-state index in [4.69, 9.17) is 4.74 Å². The minimum Gasteiger partial charge on any atom is -0.467 e. The van der Waals surface area contributed by atoms with Crippen LogP contribution in [0.2, 0.25) is 0 Å². The lowest BCUT2D eigenvalue weighted by molar-refractivity contribution is -0.146. The molecule has 0 unspecified atom stereocenters. The molecule has 0 aliphatic carbocycles. The van der Waals surface area contributed by atoms with Crippen LogP contribution in [0, 0.1) is 0 Å². The largest absolute Gasteiger partial charge is 0.467 e. The minimum absolute atomic E-state index is 0.205. The van der Waals surface area contributed by atoms with Crippen molar-refractivity contribution in [2.75, 3.05) is 13.7 Å². The van der Waals surface area contributed by atoms with Crippen LogP contribution in [-0.2, 0) is 16.1 Å². The number of likely N-dealkylation sites (tertiary alicyclic amines) is 1. The Hall–Kier alpha value is -2.04. The number of nitrogens with one attached hydrogen (secondary N) is 1. The maximum atomic E-state index is 12.2. The molecule has 1 fully saturated rings. The smallest absolute Gasteiger partial charge is 0.328 e. The zero-order valence-electron chi connectivity index (χ0n) is 11.7. The van der Waals surface area contributed by atoms with E-state index in [1.807, 2.05) is 30.3 Å². The van der Waals surface area contributed by atoms with Crippen molar-refractivity contribution in [2.24, 2.45) is 0 Å². The molecular formula is C15H20N2O3. The highest BCUT2D eigenvalue weighted by Crippen LogP contribution is 2.18. The quantitative estimate of drug-likeness (QED) is 0.858. The summed E-state index contributed by atoms with van der Waals surface area (Å²) in [5.74, 6) is -0.334. The predicted molar refractivity (Wildman–Crippen MR) is 75.0 cm³/mol. The zero-order valence-corrected chi connectivity index (χ0v) is 11.7. The van der Waals surface area contributed by atoms with Gasteiger partial charge in [-0.25, -0.2) is 9.59 Å². The molecule has 0 aromatic heterocycles. The topological polar surface area (TPSA) is 58.6 Å². The summed E-state index contributed by atoms with van der Waals surface area (Å²) < 4.78 is 4.77. The lowest BCUT2D eigenvalue weighted by atomic mass is 10.0. The first-order chi connectivity index (χ1) is 9.72. The van der Waals surface area contributed by atoms with Crippen LogP contribution in [0.5, 0.6) is 0 Å². The second-order valence-electron chi connectivity index (χ2n) is 4.87. The van der Waals surface area contributed by atoms with E-state index >= 15 is 0 Å². The van der Waals surface area contributed by atoms with Crippen LogP contribution in [0.4, 0.5) is 4.79 Å². The number of urea groups is 1. The van der Waals surface area contributed by atoms with Gasteiger partial charge in [0.1, 0.15) is 6.04 Å². The molecule has 0 spiro atoms. The summed E-state index contributed by atoms with van der Waals surface area (Å²) in [5.41, 5.74) is 1.03. The number of amides is 2. The Labute approximate surface area is 118 Å². The third-order valence-electron chi connectivity index (χ3n) is 3.52. The van der Waals surface area contributed by atoms with Crippen LogP contribution in [0.15, 0.2) is 30.3 Å². The SMILES string of the molecule is COC(=O)[C@H]1CCCCN1C(=O)NCc1ccccc1. The molecule has 1 atom stereocenters. The molecule has 1 aliphatic rings. The van der Waals surface area contributed by atoms with E-state index in [1.165, 1.54) is 7.11 Å². The average molecular weight is 276 g/mol. The molecule has 1 aliphatic heterocycles. The number of ether oxygens (including phenoxy) is 1. The Bertz CT molecular complexity index is 461. The van der Waals surface area contributed by atoms with Crippen LogP contribution >= 0.6 is 0 Å². The summed E-state index contributed by atoms with van der Waals surface area (Å²) in [7, 11) is 1.36. The molecule has 1 N–H and O–H groups in total. The summed E-state index contributed by atoms with van der Waals surface area (Å²) in [6, 6.07) is 9.04. The number of benzene rings is 1. The highest BCUT2D eigenvalue weighted by atomic mass is 16.5. The number of methoxy groups -OCH3 is 1. The number of esters is 1. The molecule has 0 saturated carbocycles. The van der Waals surface area contributed by atoms with Crippen LogP contribution < -0.4 is 5.32 Å². The van der Waals surface area contributed by atoms with E-state index in [0.29, 0.717) is 19.5 Å². The standard InChI is InChI=1S/C15H20N2O3/c1-20-14(18)13-9-5-6-10-17(13)15(19)16-11-12-7-3-2-4-8-12/h2-4,7-8,13H,5-6,9-11H2,1H3,(H,16,19)/t13-/m1/s1. The Morgan fingerprint density at radius 3 is 2.75 bits per heavy atom. The number of carbonyl (C=O) groups is 2. The zero-order chi connectivity index (χ0) is 14.4. The first-order valence-electron chi connectivity index (χ1n) is 6.88. The third-order valence-corrected chi connectivity index (χ3v) is 3.52. The lowest BCUT2D eigenvalue weighted by Gasteiger charge is -2.33. The second-order valence-corrected chi connectivity index (χ2v) is 4.87. The van der Waals surface area contributed by atoms with E-state index in [0.717, 1.165) is 18.4 Å². The fourth-order valence-electron chi connectivity index (χ4n) is 2.43. The summed E-state index contributed by atoms with van der Waals surface area (Å²) in [6.45, 7) is 1.06. The number of nitrogens with zero attached hydrogens (tertiary/aromatic N) is 1. The molecule has 1 aromatic carbocycles.